The average molecular weight is 486 g/mol. The predicted molar refractivity (Wildman–Crippen MR) is 129 cm³/mol. The van der Waals surface area contributed by atoms with Crippen molar-refractivity contribution in [3.8, 4) is 5.75 Å². The Hall–Kier alpha value is -2.91. The van der Waals surface area contributed by atoms with Gasteiger partial charge in [-0.15, -0.1) is 0 Å². The molecule has 9 heteroatoms. The summed E-state index contributed by atoms with van der Waals surface area (Å²) in [6, 6.07) is 13.0. The number of carbonyl (C=O) groups is 2. The molecule has 2 aliphatic heterocycles. The fourth-order valence-electron chi connectivity index (χ4n) is 4.46. The van der Waals surface area contributed by atoms with Crippen molar-refractivity contribution in [2.24, 2.45) is 5.92 Å². The van der Waals surface area contributed by atoms with E-state index in [1.54, 1.807) is 13.0 Å². The summed E-state index contributed by atoms with van der Waals surface area (Å²) in [7, 11) is -3.83. The molecule has 2 aromatic carbocycles. The van der Waals surface area contributed by atoms with Gasteiger partial charge in [-0.3, -0.25) is 9.59 Å². The van der Waals surface area contributed by atoms with Crippen molar-refractivity contribution in [1.82, 2.24) is 9.62 Å². The van der Waals surface area contributed by atoms with Crippen LogP contribution in [-0.4, -0.2) is 50.3 Å². The Kier molecular flexibility index (Phi) is 7.23. The molecule has 182 valence electrons. The molecule has 0 aliphatic carbocycles. The van der Waals surface area contributed by atoms with Gasteiger partial charge in [0.25, 0.3) is 5.91 Å². The normalized spacial score (nSPS) is 20.7. The lowest BCUT2D eigenvalue weighted by Crippen LogP contribution is -2.45. The van der Waals surface area contributed by atoms with Crippen LogP contribution < -0.4 is 15.4 Å². The maximum Gasteiger partial charge on any atom is 0.265 e. The molecule has 8 nitrogen and oxygen atoms in total. The molecule has 0 bridgehead atoms. The number of rotatable bonds is 7. The topological polar surface area (TPSA) is 105 Å². The van der Waals surface area contributed by atoms with Gasteiger partial charge in [0.05, 0.1) is 16.5 Å². The van der Waals surface area contributed by atoms with Crippen molar-refractivity contribution in [1.29, 1.82) is 0 Å². The Morgan fingerprint density at radius 1 is 1.24 bits per heavy atom. The van der Waals surface area contributed by atoms with Gasteiger partial charge in [-0.05, 0) is 49.8 Å². The first kappa shape index (κ1) is 24.2. The molecule has 2 amide bonds. The number of hydrogen-bond acceptors (Lipinski definition) is 5. The second-order valence-electron chi connectivity index (χ2n) is 8.85. The molecule has 2 aromatic rings. The summed E-state index contributed by atoms with van der Waals surface area (Å²) in [5.41, 5.74) is 2.13. The molecule has 1 saturated heterocycles. The first-order valence-electron chi connectivity index (χ1n) is 11.7. The second-order valence-corrected chi connectivity index (χ2v) is 10.8. The van der Waals surface area contributed by atoms with Crippen LogP contribution in [-0.2, 0) is 26.0 Å². The van der Waals surface area contributed by atoms with E-state index in [0.717, 1.165) is 12.0 Å². The van der Waals surface area contributed by atoms with Crippen molar-refractivity contribution >= 4 is 27.5 Å². The van der Waals surface area contributed by atoms with Gasteiger partial charge >= 0.3 is 0 Å². The number of carbonyl (C=O) groups excluding carboxylic acids is 2. The molecule has 1 fully saturated rings. The standard InChI is InChI=1S/C25H31N3O5S/c1-3-21-25(30)27-20-14-17(2)23(15-22(20)33-21)34(31,32)28-13-7-10-19(16-28)24(29)26-12-11-18-8-5-4-6-9-18/h4-6,8-9,14-15,19,21H,3,7,10-13,16H2,1-2H3,(H,26,29)(H,27,30)/t19-,21-/m1/s1. The highest BCUT2D eigenvalue weighted by Gasteiger charge is 2.35. The Morgan fingerprint density at radius 3 is 2.74 bits per heavy atom. The summed E-state index contributed by atoms with van der Waals surface area (Å²) in [4.78, 5) is 25.0. The lowest BCUT2D eigenvalue weighted by molar-refractivity contribution is -0.126. The number of hydrogen-bond donors (Lipinski definition) is 2. The largest absolute Gasteiger partial charge is 0.478 e. The summed E-state index contributed by atoms with van der Waals surface area (Å²) in [6.07, 6.45) is 1.83. The smallest absolute Gasteiger partial charge is 0.265 e. The third kappa shape index (κ3) is 5.10. The van der Waals surface area contributed by atoms with Crippen LogP contribution in [0.4, 0.5) is 5.69 Å². The molecular weight excluding hydrogens is 454 g/mol. The number of nitrogens with one attached hydrogen (secondary N) is 2. The van der Waals surface area contributed by atoms with E-state index >= 15 is 0 Å². The van der Waals surface area contributed by atoms with Crippen LogP contribution in [0.1, 0.15) is 37.3 Å². The van der Waals surface area contributed by atoms with Gasteiger partial charge in [-0.2, -0.15) is 4.31 Å². The van der Waals surface area contributed by atoms with Crippen molar-refractivity contribution in [2.75, 3.05) is 25.0 Å². The van der Waals surface area contributed by atoms with E-state index in [1.807, 2.05) is 37.3 Å². The number of benzene rings is 2. The first-order valence-corrected chi connectivity index (χ1v) is 13.2. The molecule has 0 unspecified atom stereocenters. The van der Waals surface area contributed by atoms with Gasteiger partial charge in [0, 0.05) is 25.7 Å². The highest BCUT2D eigenvalue weighted by atomic mass is 32.2. The third-order valence-corrected chi connectivity index (χ3v) is 8.40. The highest BCUT2D eigenvalue weighted by molar-refractivity contribution is 7.89. The van der Waals surface area contributed by atoms with E-state index in [0.29, 0.717) is 49.4 Å². The molecule has 0 spiro atoms. The first-order chi connectivity index (χ1) is 16.3. The summed E-state index contributed by atoms with van der Waals surface area (Å²) in [5, 5.41) is 5.75. The lowest BCUT2D eigenvalue weighted by Gasteiger charge is -2.32. The number of amides is 2. The van der Waals surface area contributed by atoms with Crippen LogP contribution in [0.25, 0.3) is 0 Å². The minimum absolute atomic E-state index is 0.116. The van der Waals surface area contributed by atoms with Crippen molar-refractivity contribution in [2.45, 2.75) is 50.5 Å². The number of nitrogens with zero attached hydrogens (tertiary/aromatic N) is 1. The van der Waals surface area contributed by atoms with E-state index in [4.69, 9.17) is 4.74 Å². The van der Waals surface area contributed by atoms with E-state index in [2.05, 4.69) is 10.6 Å². The van der Waals surface area contributed by atoms with E-state index < -0.39 is 22.0 Å². The molecule has 2 N–H and O–H groups in total. The number of ether oxygens (including phenoxy) is 1. The summed E-state index contributed by atoms with van der Waals surface area (Å²) in [5.74, 6) is -0.392. The molecule has 2 heterocycles. The van der Waals surface area contributed by atoms with E-state index in [-0.39, 0.29) is 23.3 Å². The minimum Gasteiger partial charge on any atom is -0.478 e. The van der Waals surface area contributed by atoms with Gasteiger partial charge in [0.2, 0.25) is 15.9 Å². The average Bonchev–Trinajstić information content (AvgIpc) is 2.84. The molecule has 4 rings (SSSR count). The maximum atomic E-state index is 13.5. The second kappa shape index (κ2) is 10.1. The molecule has 34 heavy (non-hydrogen) atoms. The zero-order chi connectivity index (χ0) is 24.3. The van der Waals surface area contributed by atoms with Gasteiger partial charge in [0.1, 0.15) is 5.75 Å². The number of aryl methyl sites for hydroxylation is 1. The molecular formula is C25H31N3O5S. The van der Waals surface area contributed by atoms with Crippen molar-refractivity contribution in [3.05, 3.63) is 53.6 Å². The molecule has 2 atom stereocenters. The minimum atomic E-state index is -3.83. The van der Waals surface area contributed by atoms with Crippen LogP contribution in [0.2, 0.25) is 0 Å². The van der Waals surface area contributed by atoms with E-state index in [1.165, 1.54) is 10.4 Å². The van der Waals surface area contributed by atoms with Crippen LogP contribution >= 0.6 is 0 Å². The number of piperidine rings is 1. The van der Waals surface area contributed by atoms with E-state index in [9.17, 15) is 18.0 Å². The fourth-order valence-corrected chi connectivity index (χ4v) is 6.21. The van der Waals surface area contributed by atoms with Gasteiger partial charge in [0.15, 0.2) is 6.10 Å². The summed E-state index contributed by atoms with van der Waals surface area (Å²) >= 11 is 0. The van der Waals surface area contributed by atoms with Crippen LogP contribution in [0.3, 0.4) is 0 Å². The third-order valence-electron chi connectivity index (χ3n) is 6.40. The Labute approximate surface area is 200 Å². The Morgan fingerprint density at radius 2 is 2.00 bits per heavy atom. The predicted octanol–water partition coefficient (Wildman–Crippen LogP) is 2.86. The Bertz CT molecular complexity index is 1170. The molecule has 0 saturated carbocycles. The van der Waals surface area contributed by atoms with Crippen LogP contribution in [0.5, 0.6) is 5.75 Å². The number of sulfonamides is 1. The van der Waals surface area contributed by atoms with Crippen LogP contribution in [0, 0.1) is 12.8 Å². The SMILES string of the molecule is CC[C@H]1Oc2cc(S(=O)(=O)N3CCC[C@@H](C(=O)NCCc4ccccc4)C3)c(C)cc2NC1=O. The highest BCUT2D eigenvalue weighted by Crippen LogP contribution is 2.36. The van der Waals surface area contributed by atoms with Crippen LogP contribution in [0.15, 0.2) is 47.4 Å². The lowest BCUT2D eigenvalue weighted by atomic mass is 9.99. The van der Waals surface area contributed by atoms with Gasteiger partial charge in [-0.25, -0.2) is 8.42 Å². The Balaban J connectivity index is 1.45. The van der Waals surface area contributed by atoms with Crippen molar-refractivity contribution in [3.63, 3.8) is 0 Å². The summed E-state index contributed by atoms with van der Waals surface area (Å²) in [6.45, 7) is 4.55. The number of fused-ring (bicyclic) bond motifs is 1. The quantitative estimate of drug-likeness (QED) is 0.628. The molecule has 2 aliphatic rings. The molecule has 0 aromatic heterocycles. The zero-order valence-electron chi connectivity index (χ0n) is 19.5. The monoisotopic (exact) mass is 485 g/mol. The van der Waals surface area contributed by atoms with Crippen molar-refractivity contribution < 1.29 is 22.7 Å². The van der Waals surface area contributed by atoms with Gasteiger partial charge < -0.3 is 15.4 Å². The summed E-state index contributed by atoms with van der Waals surface area (Å²) < 4.78 is 34.2. The zero-order valence-corrected chi connectivity index (χ0v) is 20.4. The number of anilines is 1. The fraction of sp³-hybridized carbons (Fsp3) is 0.440. The molecule has 0 radical (unpaired) electrons. The van der Waals surface area contributed by atoms with Gasteiger partial charge in [-0.1, -0.05) is 37.3 Å². The maximum absolute atomic E-state index is 13.5.